The third-order valence-corrected chi connectivity index (χ3v) is 6.83. The van der Waals surface area contributed by atoms with Crippen molar-refractivity contribution >= 4 is 15.6 Å². The summed E-state index contributed by atoms with van der Waals surface area (Å²) in [6.45, 7) is 1.97. The molecule has 19 heavy (non-hydrogen) atoms. The molecule has 0 aromatic rings. The van der Waals surface area contributed by atoms with Crippen molar-refractivity contribution in [3.05, 3.63) is 0 Å². The van der Waals surface area contributed by atoms with Crippen molar-refractivity contribution in [1.29, 1.82) is 0 Å². The predicted molar refractivity (Wildman–Crippen MR) is 75.5 cm³/mol. The summed E-state index contributed by atoms with van der Waals surface area (Å²) >= 11 is 0. The van der Waals surface area contributed by atoms with E-state index in [0.717, 1.165) is 32.1 Å². The topological polar surface area (TPSA) is 77.2 Å². The van der Waals surface area contributed by atoms with Gasteiger partial charge in [0.05, 0.1) is 5.25 Å². The minimum absolute atomic E-state index is 0.0568. The van der Waals surface area contributed by atoms with Gasteiger partial charge in [0, 0.05) is 23.6 Å². The largest absolute Gasteiger partial charge is 0.327 e. The zero-order valence-electron chi connectivity index (χ0n) is 11.9. The molecule has 0 aliphatic heterocycles. The van der Waals surface area contributed by atoms with Crippen LogP contribution in [0.15, 0.2) is 0 Å². The Hall–Kier alpha value is -0.420. The molecule has 0 heterocycles. The molecule has 0 amide bonds. The summed E-state index contributed by atoms with van der Waals surface area (Å²) in [4.78, 5) is 12.7. The van der Waals surface area contributed by atoms with Crippen LogP contribution in [0.4, 0.5) is 0 Å². The molecule has 0 spiro atoms. The molecule has 4 unspecified atom stereocenters. The Labute approximate surface area is 116 Å². The van der Waals surface area contributed by atoms with Crippen LogP contribution in [0.3, 0.4) is 0 Å². The maximum Gasteiger partial charge on any atom is 0.150 e. The van der Waals surface area contributed by atoms with Crippen LogP contribution in [0.2, 0.25) is 0 Å². The maximum atomic E-state index is 12.7. The SMILES string of the molecule is CC1(C(=O)C2CCCC(S(C)(=O)=O)C2)CCCC1N. The summed E-state index contributed by atoms with van der Waals surface area (Å²) in [7, 11) is -3.03. The molecule has 2 saturated carbocycles. The zero-order chi connectivity index (χ0) is 14.3. The molecule has 0 aromatic heterocycles. The van der Waals surface area contributed by atoms with Crippen LogP contribution in [0, 0.1) is 11.3 Å². The summed E-state index contributed by atoms with van der Waals surface area (Å²) in [5, 5.41) is -0.337. The Kier molecular flexibility index (Phi) is 4.07. The Bertz CT molecular complexity index is 459. The predicted octanol–water partition coefficient (Wildman–Crippen LogP) is 1.68. The molecule has 2 aliphatic rings. The molecule has 5 heteroatoms. The van der Waals surface area contributed by atoms with Gasteiger partial charge in [-0.3, -0.25) is 4.79 Å². The number of ketones is 1. The minimum atomic E-state index is -3.03. The normalized spacial score (nSPS) is 40.3. The van der Waals surface area contributed by atoms with Crippen LogP contribution in [-0.4, -0.2) is 31.7 Å². The quantitative estimate of drug-likeness (QED) is 0.856. The van der Waals surface area contributed by atoms with Crippen molar-refractivity contribution in [2.75, 3.05) is 6.26 Å². The van der Waals surface area contributed by atoms with E-state index in [-0.39, 0.29) is 23.0 Å². The fourth-order valence-corrected chi connectivity index (χ4v) is 4.91. The molecule has 4 nitrogen and oxygen atoms in total. The van der Waals surface area contributed by atoms with E-state index in [2.05, 4.69) is 0 Å². The summed E-state index contributed by atoms with van der Waals surface area (Å²) in [5.74, 6) is 0.105. The first-order chi connectivity index (χ1) is 8.75. The van der Waals surface area contributed by atoms with Crippen LogP contribution in [0.5, 0.6) is 0 Å². The second-order valence-corrected chi connectivity index (χ2v) is 8.92. The van der Waals surface area contributed by atoms with Crippen molar-refractivity contribution in [3.63, 3.8) is 0 Å². The van der Waals surface area contributed by atoms with E-state index in [9.17, 15) is 13.2 Å². The first-order valence-corrected chi connectivity index (χ1v) is 9.19. The fraction of sp³-hybridized carbons (Fsp3) is 0.929. The van der Waals surface area contributed by atoms with E-state index in [0.29, 0.717) is 12.8 Å². The van der Waals surface area contributed by atoms with E-state index in [1.807, 2.05) is 6.92 Å². The van der Waals surface area contributed by atoms with Gasteiger partial charge in [-0.05, 0) is 32.1 Å². The smallest absolute Gasteiger partial charge is 0.150 e. The van der Waals surface area contributed by atoms with E-state index in [1.165, 1.54) is 6.26 Å². The van der Waals surface area contributed by atoms with Gasteiger partial charge in [0.25, 0.3) is 0 Å². The van der Waals surface area contributed by atoms with Crippen LogP contribution in [0.25, 0.3) is 0 Å². The van der Waals surface area contributed by atoms with Gasteiger partial charge in [0.15, 0.2) is 0 Å². The Morgan fingerprint density at radius 1 is 1.21 bits per heavy atom. The number of hydrogen-bond donors (Lipinski definition) is 1. The number of Topliss-reactive ketones (excluding diaryl/α,β-unsaturated/α-hetero) is 1. The number of sulfone groups is 1. The van der Waals surface area contributed by atoms with Crippen LogP contribution >= 0.6 is 0 Å². The average molecular weight is 287 g/mol. The molecule has 2 aliphatic carbocycles. The van der Waals surface area contributed by atoms with Crippen molar-refractivity contribution < 1.29 is 13.2 Å². The van der Waals surface area contributed by atoms with E-state index < -0.39 is 15.3 Å². The van der Waals surface area contributed by atoms with E-state index in [4.69, 9.17) is 5.73 Å². The van der Waals surface area contributed by atoms with Crippen LogP contribution in [-0.2, 0) is 14.6 Å². The highest BCUT2D eigenvalue weighted by Gasteiger charge is 2.46. The molecule has 0 aromatic carbocycles. The maximum absolute atomic E-state index is 12.7. The second-order valence-electron chi connectivity index (χ2n) is 6.60. The molecular weight excluding hydrogens is 262 g/mol. The first kappa shape index (κ1) is 15.0. The van der Waals surface area contributed by atoms with Crippen molar-refractivity contribution in [2.24, 2.45) is 17.1 Å². The van der Waals surface area contributed by atoms with Gasteiger partial charge in [-0.1, -0.05) is 19.8 Å². The summed E-state index contributed by atoms with van der Waals surface area (Å²) in [5.41, 5.74) is 5.68. The number of carbonyl (C=O) groups excluding carboxylic acids is 1. The van der Waals surface area contributed by atoms with Gasteiger partial charge < -0.3 is 5.73 Å². The summed E-state index contributed by atoms with van der Waals surface area (Å²) < 4.78 is 23.4. The molecule has 2 rings (SSSR count). The minimum Gasteiger partial charge on any atom is -0.327 e. The van der Waals surface area contributed by atoms with Crippen LogP contribution in [0.1, 0.15) is 51.9 Å². The molecule has 2 N–H and O–H groups in total. The van der Waals surface area contributed by atoms with Crippen molar-refractivity contribution in [3.8, 4) is 0 Å². The van der Waals surface area contributed by atoms with E-state index in [1.54, 1.807) is 0 Å². The lowest BCUT2D eigenvalue weighted by atomic mass is 9.71. The zero-order valence-corrected chi connectivity index (χ0v) is 12.7. The highest BCUT2D eigenvalue weighted by Crippen LogP contribution is 2.42. The lowest BCUT2D eigenvalue weighted by Crippen LogP contribution is -2.46. The third-order valence-electron chi connectivity index (χ3n) is 5.19. The second kappa shape index (κ2) is 5.17. The molecule has 0 saturated heterocycles. The van der Waals surface area contributed by atoms with Gasteiger partial charge in [0.2, 0.25) is 0 Å². The number of hydrogen-bond acceptors (Lipinski definition) is 4. The van der Waals surface area contributed by atoms with Gasteiger partial charge in [-0.25, -0.2) is 8.42 Å². The molecule has 110 valence electrons. The van der Waals surface area contributed by atoms with Gasteiger partial charge in [-0.15, -0.1) is 0 Å². The Balaban J connectivity index is 2.12. The standard InChI is InChI=1S/C14H25NO3S/c1-14(8-4-7-12(14)15)13(16)10-5-3-6-11(9-10)19(2,17)18/h10-12H,3-9,15H2,1-2H3. The van der Waals surface area contributed by atoms with Crippen molar-refractivity contribution in [2.45, 2.75) is 63.2 Å². The molecule has 4 atom stereocenters. The average Bonchev–Trinajstić information content (AvgIpc) is 2.69. The highest BCUT2D eigenvalue weighted by atomic mass is 32.2. The van der Waals surface area contributed by atoms with Gasteiger partial charge >= 0.3 is 0 Å². The molecule has 0 bridgehead atoms. The lowest BCUT2D eigenvalue weighted by Gasteiger charge is -2.35. The summed E-state index contributed by atoms with van der Waals surface area (Å²) in [6.07, 6.45) is 6.91. The van der Waals surface area contributed by atoms with Gasteiger partial charge in [-0.2, -0.15) is 0 Å². The summed E-state index contributed by atoms with van der Waals surface area (Å²) in [6, 6.07) is -0.0568. The first-order valence-electron chi connectivity index (χ1n) is 7.24. The fourth-order valence-electron chi connectivity index (χ4n) is 3.74. The molecule has 2 fully saturated rings. The molecular formula is C14H25NO3S. The lowest BCUT2D eigenvalue weighted by molar-refractivity contribution is -0.133. The molecule has 0 radical (unpaired) electrons. The Morgan fingerprint density at radius 2 is 1.89 bits per heavy atom. The number of nitrogens with two attached hydrogens (primary N) is 1. The van der Waals surface area contributed by atoms with Gasteiger partial charge in [0.1, 0.15) is 15.6 Å². The highest BCUT2D eigenvalue weighted by molar-refractivity contribution is 7.91. The Morgan fingerprint density at radius 3 is 2.42 bits per heavy atom. The third kappa shape index (κ3) is 2.87. The monoisotopic (exact) mass is 287 g/mol. The number of carbonyl (C=O) groups is 1. The van der Waals surface area contributed by atoms with Crippen molar-refractivity contribution in [1.82, 2.24) is 0 Å². The number of rotatable bonds is 3. The van der Waals surface area contributed by atoms with Crippen LogP contribution < -0.4 is 5.73 Å². The van der Waals surface area contributed by atoms with E-state index >= 15 is 0 Å².